The molecule has 90 valence electrons. The van der Waals surface area contributed by atoms with Gasteiger partial charge in [0.05, 0.1) is 13.2 Å². The number of ether oxygens (including phenoxy) is 1. The molecule has 0 spiro atoms. The van der Waals surface area contributed by atoms with Crippen molar-refractivity contribution in [3.63, 3.8) is 0 Å². The van der Waals surface area contributed by atoms with Gasteiger partial charge in [0.25, 0.3) is 0 Å². The molecule has 0 radical (unpaired) electrons. The van der Waals surface area contributed by atoms with Crippen LogP contribution >= 0.6 is 0 Å². The maximum absolute atomic E-state index is 5.34. The molecule has 4 nitrogen and oxygen atoms in total. The number of nitrogens with two attached hydrogens (primary N) is 1. The second-order valence-corrected chi connectivity index (χ2v) is 3.81. The monoisotopic (exact) mass is 223 g/mol. The molecule has 0 amide bonds. The van der Waals surface area contributed by atoms with E-state index < -0.39 is 0 Å². The zero-order chi connectivity index (χ0) is 11.6. The molecule has 0 saturated heterocycles. The summed E-state index contributed by atoms with van der Waals surface area (Å²) in [5.41, 5.74) is 6.66. The zero-order valence-corrected chi connectivity index (χ0v) is 9.93. The molecule has 16 heavy (non-hydrogen) atoms. The number of hydrogen-bond acceptors (Lipinski definition) is 4. The minimum Gasteiger partial charge on any atom is -0.379 e. The maximum Gasteiger partial charge on any atom is 0.0593 e. The fourth-order valence-electron chi connectivity index (χ4n) is 1.39. The molecule has 2 N–H and O–H groups in total. The van der Waals surface area contributed by atoms with Gasteiger partial charge in [-0.15, -0.1) is 0 Å². The van der Waals surface area contributed by atoms with Crippen LogP contribution in [0.25, 0.3) is 0 Å². The molecular formula is C12H21N3O. The van der Waals surface area contributed by atoms with Crippen LogP contribution in [0.1, 0.15) is 5.56 Å². The summed E-state index contributed by atoms with van der Waals surface area (Å²) < 4.78 is 5.33. The van der Waals surface area contributed by atoms with Gasteiger partial charge in [0, 0.05) is 32.0 Å². The van der Waals surface area contributed by atoms with Gasteiger partial charge in [0.2, 0.25) is 0 Å². The molecule has 0 aliphatic heterocycles. The van der Waals surface area contributed by atoms with E-state index in [1.165, 1.54) is 5.56 Å². The van der Waals surface area contributed by atoms with Gasteiger partial charge in [0.1, 0.15) is 0 Å². The van der Waals surface area contributed by atoms with Crippen molar-refractivity contribution in [1.82, 2.24) is 9.88 Å². The third-order valence-corrected chi connectivity index (χ3v) is 2.41. The topological polar surface area (TPSA) is 51.4 Å². The van der Waals surface area contributed by atoms with E-state index in [4.69, 9.17) is 10.5 Å². The van der Waals surface area contributed by atoms with Crippen LogP contribution in [0, 0.1) is 0 Å². The van der Waals surface area contributed by atoms with Crippen molar-refractivity contribution in [3.05, 3.63) is 30.1 Å². The first-order chi connectivity index (χ1) is 7.83. The first kappa shape index (κ1) is 13.1. The van der Waals surface area contributed by atoms with Crippen molar-refractivity contribution in [3.8, 4) is 0 Å². The molecule has 4 heteroatoms. The van der Waals surface area contributed by atoms with Crippen molar-refractivity contribution in [2.75, 3.05) is 39.9 Å². The predicted octanol–water partition coefficient (Wildman–Crippen LogP) is 0.531. The van der Waals surface area contributed by atoms with Crippen molar-refractivity contribution in [1.29, 1.82) is 0 Å². The number of hydrogen-bond donors (Lipinski definition) is 1. The zero-order valence-electron chi connectivity index (χ0n) is 9.93. The van der Waals surface area contributed by atoms with Crippen molar-refractivity contribution in [2.45, 2.75) is 6.42 Å². The molecule has 1 rings (SSSR count). The summed E-state index contributed by atoms with van der Waals surface area (Å²) in [7, 11) is 2.10. The predicted molar refractivity (Wildman–Crippen MR) is 65.3 cm³/mol. The van der Waals surface area contributed by atoms with Crippen LogP contribution in [0.5, 0.6) is 0 Å². The standard InChI is InChI=1S/C12H21N3O/c1-15(9-11-16-10-5-13)8-4-12-2-6-14-7-3-12/h2-3,6-7H,4-5,8-11,13H2,1H3. The minimum absolute atomic E-state index is 0.598. The Morgan fingerprint density at radius 2 is 2.00 bits per heavy atom. The van der Waals surface area contributed by atoms with Crippen molar-refractivity contribution >= 4 is 0 Å². The van der Waals surface area contributed by atoms with Crippen molar-refractivity contribution < 1.29 is 4.74 Å². The highest BCUT2D eigenvalue weighted by molar-refractivity contribution is 5.09. The summed E-state index contributed by atoms with van der Waals surface area (Å²) in [6.45, 7) is 3.99. The van der Waals surface area contributed by atoms with E-state index >= 15 is 0 Å². The van der Waals surface area contributed by atoms with E-state index in [-0.39, 0.29) is 0 Å². The van der Waals surface area contributed by atoms with Crippen molar-refractivity contribution in [2.24, 2.45) is 5.73 Å². The Balaban J connectivity index is 2.08. The number of nitrogens with zero attached hydrogens (tertiary/aromatic N) is 2. The lowest BCUT2D eigenvalue weighted by atomic mass is 10.2. The van der Waals surface area contributed by atoms with Crippen LogP contribution in [0.3, 0.4) is 0 Å². The fourth-order valence-corrected chi connectivity index (χ4v) is 1.39. The summed E-state index contributed by atoms with van der Waals surface area (Å²) in [6, 6.07) is 4.11. The summed E-state index contributed by atoms with van der Waals surface area (Å²) in [4.78, 5) is 6.26. The molecule has 0 atom stereocenters. The molecular weight excluding hydrogens is 202 g/mol. The van der Waals surface area contributed by atoms with Gasteiger partial charge >= 0.3 is 0 Å². The highest BCUT2D eigenvalue weighted by atomic mass is 16.5. The van der Waals surface area contributed by atoms with Crippen LogP contribution in [0.4, 0.5) is 0 Å². The molecule has 1 heterocycles. The summed E-state index contributed by atoms with van der Waals surface area (Å²) in [5, 5.41) is 0. The van der Waals surface area contributed by atoms with Gasteiger partial charge in [-0.25, -0.2) is 0 Å². The number of likely N-dealkylation sites (N-methyl/N-ethyl adjacent to an activating group) is 1. The van der Waals surface area contributed by atoms with Gasteiger partial charge in [-0.2, -0.15) is 0 Å². The van der Waals surface area contributed by atoms with E-state index in [0.717, 1.165) is 26.1 Å². The molecule has 0 unspecified atom stereocenters. The van der Waals surface area contributed by atoms with Crippen LogP contribution in [-0.4, -0.2) is 49.8 Å². The van der Waals surface area contributed by atoms with Gasteiger partial charge in [-0.3, -0.25) is 4.98 Å². The smallest absolute Gasteiger partial charge is 0.0593 e. The molecule has 1 aromatic rings. The number of pyridine rings is 1. The molecule has 0 aromatic carbocycles. The largest absolute Gasteiger partial charge is 0.379 e. The lowest BCUT2D eigenvalue weighted by molar-refractivity contribution is 0.118. The highest BCUT2D eigenvalue weighted by Crippen LogP contribution is 1.98. The lowest BCUT2D eigenvalue weighted by Crippen LogP contribution is -2.26. The SMILES string of the molecule is CN(CCOCCN)CCc1ccncc1. The number of aromatic nitrogens is 1. The lowest BCUT2D eigenvalue weighted by Gasteiger charge is -2.16. The normalized spacial score (nSPS) is 10.9. The summed E-state index contributed by atoms with van der Waals surface area (Å²) >= 11 is 0. The molecule has 0 bridgehead atoms. The Morgan fingerprint density at radius 1 is 1.25 bits per heavy atom. The van der Waals surface area contributed by atoms with E-state index in [0.29, 0.717) is 13.2 Å². The van der Waals surface area contributed by atoms with Gasteiger partial charge in [-0.05, 0) is 31.2 Å². The molecule has 1 aromatic heterocycles. The Morgan fingerprint density at radius 3 is 2.69 bits per heavy atom. The van der Waals surface area contributed by atoms with E-state index in [2.05, 4.69) is 29.1 Å². The molecule has 0 aliphatic carbocycles. The quantitative estimate of drug-likeness (QED) is 0.653. The Hall–Kier alpha value is -0.970. The van der Waals surface area contributed by atoms with Crippen LogP contribution in [0.2, 0.25) is 0 Å². The maximum atomic E-state index is 5.34. The van der Waals surface area contributed by atoms with Crippen LogP contribution in [0.15, 0.2) is 24.5 Å². The van der Waals surface area contributed by atoms with E-state index in [1.807, 2.05) is 12.4 Å². The Kier molecular flexibility index (Phi) is 6.72. The average molecular weight is 223 g/mol. The highest BCUT2D eigenvalue weighted by Gasteiger charge is 1.99. The van der Waals surface area contributed by atoms with Gasteiger partial charge < -0.3 is 15.4 Å². The summed E-state index contributed by atoms with van der Waals surface area (Å²) in [6.07, 6.45) is 4.72. The van der Waals surface area contributed by atoms with Gasteiger partial charge in [-0.1, -0.05) is 0 Å². The first-order valence-electron chi connectivity index (χ1n) is 5.68. The van der Waals surface area contributed by atoms with Crippen LogP contribution < -0.4 is 5.73 Å². The number of rotatable bonds is 8. The Labute approximate surface area is 97.4 Å². The van der Waals surface area contributed by atoms with E-state index in [1.54, 1.807) is 0 Å². The second-order valence-electron chi connectivity index (χ2n) is 3.81. The molecule has 0 aliphatic rings. The third kappa shape index (κ3) is 5.80. The fraction of sp³-hybridized carbons (Fsp3) is 0.583. The van der Waals surface area contributed by atoms with Crippen LogP contribution in [-0.2, 0) is 11.2 Å². The minimum atomic E-state index is 0.598. The molecule has 0 fully saturated rings. The summed E-state index contributed by atoms with van der Waals surface area (Å²) in [5.74, 6) is 0. The molecule has 0 saturated carbocycles. The Bertz CT molecular complexity index is 266. The average Bonchev–Trinajstić information content (AvgIpc) is 2.33. The third-order valence-electron chi connectivity index (χ3n) is 2.41. The van der Waals surface area contributed by atoms with E-state index in [9.17, 15) is 0 Å². The first-order valence-corrected chi connectivity index (χ1v) is 5.68. The van der Waals surface area contributed by atoms with Gasteiger partial charge in [0.15, 0.2) is 0 Å². The second kappa shape index (κ2) is 8.21.